The van der Waals surface area contributed by atoms with E-state index in [2.05, 4.69) is 28.2 Å². The molecule has 1 aliphatic heterocycles. The Balaban J connectivity index is 2.16. The fourth-order valence-electron chi connectivity index (χ4n) is 2.05. The second-order valence-corrected chi connectivity index (χ2v) is 6.65. The van der Waals surface area contributed by atoms with E-state index in [1.165, 1.54) is 0 Å². The molecule has 1 aromatic rings. The van der Waals surface area contributed by atoms with Crippen LogP contribution < -0.4 is 5.32 Å². The summed E-state index contributed by atoms with van der Waals surface area (Å²) in [6.07, 6.45) is 1.01. The van der Waals surface area contributed by atoms with Crippen LogP contribution in [0.5, 0.6) is 0 Å². The first-order valence-electron chi connectivity index (χ1n) is 5.40. The zero-order chi connectivity index (χ0) is 11.6. The van der Waals surface area contributed by atoms with Gasteiger partial charge in [0.15, 0.2) is 0 Å². The van der Waals surface area contributed by atoms with Crippen molar-refractivity contribution in [1.82, 2.24) is 0 Å². The molecule has 2 atom stereocenters. The van der Waals surface area contributed by atoms with Crippen molar-refractivity contribution in [2.75, 3.05) is 17.7 Å². The van der Waals surface area contributed by atoms with Gasteiger partial charge in [-0.05, 0) is 34.5 Å². The van der Waals surface area contributed by atoms with Crippen LogP contribution in [0.25, 0.3) is 0 Å². The number of para-hydroxylation sites is 1. The van der Waals surface area contributed by atoms with Crippen molar-refractivity contribution < 1.29 is 5.11 Å². The van der Waals surface area contributed by atoms with E-state index in [0.717, 1.165) is 22.3 Å². The molecule has 2 N–H and O–H groups in total. The van der Waals surface area contributed by atoms with Crippen molar-refractivity contribution in [2.45, 2.75) is 24.1 Å². The van der Waals surface area contributed by atoms with Crippen LogP contribution in [0.2, 0.25) is 0 Å². The molecular weight excluding hydrogens is 286 g/mol. The third-order valence-corrected chi connectivity index (χ3v) is 5.05. The van der Waals surface area contributed by atoms with Crippen molar-refractivity contribution in [1.29, 1.82) is 0 Å². The van der Waals surface area contributed by atoms with Crippen molar-refractivity contribution >= 4 is 33.4 Å². The highest BCUT2D eigenvalue weighted by molar-refractivity contribution is 9.10. The molecule has 1 aromatic carbocycles. The first kappa shape index (κ1) is 12.3. The molecule has 2 unspecified atom stereocenters. The zero-order valence-electron chi connectivity index (χ0n) is 9.24. The molecule has 0 saturated carbocycles. The van der Waals surface area contributed by atoms with Crippen LogP contribution in [0.3, 0.4) is 0 Å². The van der Waals surface area contributed by atoms with Gasteiger partial charge in [-0.2, -0.15) is 11.8 Å². The predicted octanol–water partition coefficient (Wildman–Crippen LogP) is 3.12. The highest BCUT2D eigenvalue weighted by Crippen LogP contribution is 2.37. The molecule has 2 rings (SSSR count). The number of nitrogens with one attached hydrogen (secondary N) is 1. The van der Waals surface area contributed by atoms with Crippen molar-refractivity contribution in [3.63, 3.8) is 0 Å². The Morgan fingerprint density at radius 2 is 2.31 bits per heavy atom. The molecule has 2 nitrogen and oxygen atoms in total. The fourth-order valence-corrected chi connectivity index (χ4v) is 3.76. The first-order valence-corrected chi connectivity index (χ1v) is 7.24. The SMILES string of the molecule is CC1CC(CO)(Nc2ccccc2Br)CS1. The Labute approximate surface area is 109 Å². The lowest BCUT2D eigenvalue weighted by Crippen LogP contribution is -2.42. The standard InChI is InChI=1S/C12H16BrNOS/c1-9-6-12(7-15,8-16-9)14-11-5-3-2-4-10(11)13/h2-5,9,14-15H,6-8H2,1H3. The maximum absolute atomic E-state index is 9.60. The third-order valence-electron chi connectivity index (χ3n) is 2.90. The summed E-state index contributed by atoms with van der Waals surface area (Å²) in [6.45, 7) is 2.40. The summed E-state index contributed by atoms with van der Waals surface area (Å²) in [5.74, 6) is 0.964. The van der Waals surface area contributed by atoms with Crippen LogP contribution in [-0.2, 0) is 0 Å². The molecule has 0 aliphatic carbocycles. The number of anilines is 1. The maximum Gasteiger partial charge on any atom is 0.0704 e. The monoisotopic (exact) mass is 301 g/mol. The van der Waals surface area contributed by atoms with Gasteiger partial charge in [0.25, 0.3) is 0 Å². The Bertz CT molecular complexity index is 374. The first-order chi connectivity index (χ1) is 7.65. The van der Waals surface area contributed by atoms with Crippen molar-refractivity contribution in [3.8, 4) is 0 Å². The molecule has 0 spiro atoms. The largest absolute Gasteiger partial charge is 0.394 e. The normalized spacial score (nSPS) is 29.3. The summed E-state index contributed by atoms with van der Waals surface area (Å²) >= 11 is 5.44. The second-order valence-electron chi connectivity index (χ2n) is 4.37. The number of aliphatic hydroxyl groups is 1. The van der Waals surface area contributed by atoms with Crippen molar-refractivity contribution in [3.05, 3.63) is 28.7 Å². The molecule has 1 fully saturated rings. The van der Waals surface area contributed by atoms with Crippen LogP contribution in [0.15, 0.2) is 28.7 Å². The summed E-state index contributed by atoms with van der Waals surface area (Å²) in [5, 5.41) is 13.7. The minimum absolute atomic E-state index is 0.159. The Kier molecular flexibility index (Phi) is 3.82. The molecule has 88 valence electrons. The summed E-state index contributed by atoms with van der Waals surface area (Å²) in [6, 6.07) is 8.05. The van der Waals surface area contributed by atoms with Gasteiger partial charge in [-0.1, -0.05) is 19.1 Å². The van der Waals surface area contributed by atoms with Gasteiger partial charge in [0.2, 0.25) is 0 Å². The summed E-state index contributed by atoms with van der Waals surface area (Å²) in [5.41, 5.74) is 0.903. The molecule has 0 radical (unpaired) electrons. The van der Waals surface area contributed by atoms with Gasteiger partial charge in [0, 0.05) is 21.2 Å². The van der Waals surface area contributed by atoms with Gasteiger partial charge >= 0.3 is 0 Å². The summed E-state index contributed by atoms with van der Waals surface area (Å²) < 4.78 is 1.05. The molecule has 0 amide bonds. The van der Waals surface area contributed by atoms with Gasteiger partial charge in [0.1, 0.15) is 0 Å². The quantitative estimate of drug-likeness (QED) is 0.900. The Morgan fingerprint density at radius 1 is 1.56 bits per heavy atom. The number of halogens is 1. The molecular formula is C12H16BrNOS. The summed E-state index contributed by atoms with van der Waals surface area (Å²) in [4.78, 5) is 0. The Hall–Kier alpha value is -0.190. The fraction of sp³-hybridized carbons (Fsp3) is 0.500. The van der Waals surface area contributed by atoms with E-state index in [1.54, 1.807) is 0 Å². The predicted molar refractivity (Wildman–Crippen MR) is 74.1 cm³/mol. The smallest absolute Gasteiger partial charge is 0.0704 e. The lowest BCUT2D eigenvalue weighted by molar-refractivity contribution is 0.223. The minimum atomic E-state index is -0.159. The van der Waals surface area contributed by atoms with E-state index in [-0.39, 0.29) is 12.1 Å². The third kappa shape index (κ3) is 2.55. The van der Waals surface area contributed by atoms with E-state index in [0.29, 0.717) is 5.25 Å². The molecule has 1 heterocycles. The van der Waals surface area contributed by atoms with E-state index in [1.807, 2.05) is 36.0 Å². The van der Waals surface area contributed by atoms with Gasteiger partial charge in [0.05, 0.1) is 12.1 Å². The molecule has 1 saturated heterocycles. The van der Waals surface area contributed by atoms with E-state index in [9.17, 15) is 5.11 Å². The molecule has 0 aromatic heterocycles. The average molecular weight is 302 g/mol. The lowest BCUT2D eigenvalue weighted by Gasteiger charge is -2.29. The molecule has 4 heteroatoms. The number of benzene rings is 1. The highest BCUT2D eigenvalue weighted by atomic mass is 79.9. The number of hydrogen-bond acceptors (Lipinski definition) is 3. The average Bonchev–Trinajstić information content (AvgIpc) is 2.65. The van der Waals surface area contributed by atoms with E-state index in [4.69, 9.17) is 0 Å². The van der Waals surface area contributed by atoms with Gasteiger partial charge in [-0.25, -0.2) is 0 Å². The molecule has 16 heavy (non-hydrogen) atoms. The van der Waals surface area contributed by atoms with Crippen LogP contribution >= 0.6 is 27.7 Å². The van der Waals surface area contributed by atoms with Crippen LogP contribution in [0.4, 0.5) is 5.69 Å². The number of hydrogen-bond donors (Lipinski definition) is 2. The number of aliphatic hydroxyl groups excluding tert-OH is 1. The van der Waals surface area contributed by atoms with Crippen molar-refractivity contribution in [2.24, 2.45) is 0 Å². The Morgan fingerprint density at radius 3 is 2.88 bits per heavy atom. The second kappa shape index (κ2) is 4.98. The van der Waals surface area contributed by atoms with Crippen LogP contribution in [0, 0.1) is 0 Å². The van der Waals surface area contributed by atoms with E-state index >= 15 is 0 Å². The molecule has 1 aliphatic rings. The topological polar surface area (TPSA) is 32.3 Å². The molecule has 0 bridgehead atoms. The minimum Gasteiger partial charge on any atom is -0.394 e. The zero-order valence-corrected chi connectivity index (χ0v) is 11.6. The lowest BCUT2D eigenvalue weighted by atomic mass is 9.97. The van der Waals surface area contributed by atoms with Crippen LogP contribution in [0.1, 0.15) is 13.3 Å². The van der Waals surface area contributed by atoms with Gasteiger partial charge < -0.3 is 10.4 Å². The van der Waals surface area contributed by atoms with Crippen LogP contribution in [-0.4, -0.2) is 28.3 Å². The van der Waals surface area contributed by atoms with E-state index < -0.39 is 0 Å². The highest BCUT2D eigenvalue weighted by Gasteiger charge is 2.37. The van der Waals surface area contributed by atoms with Gasteiger partial charge in [-0.3, -0.25) is 0 Å². The maximum atomic E-state index is 9.60. The van der Waals surface area contributed by atoms with Gasteiger partial charge in [-0.15, -0.1) is 0 Å². The number of rotatable bonds is 3. The summed E-state index contributed by atoms with van der Waals surface area (Å²) in [7, 11) is 0. The number of thioether (sulfide) groups is 1.